The second kappa shape index (κ2) is 4.91. The number of nitrogens with one attached hydrogen (secondary N) is 1. The summed E-state index contributed by atoms with van der Waals surface area (Å²) < 4.78 is 57.4. The molecule has 0 fully saturated rings. The van der Waals surface area contributed by atoms with Gasteiger partial charge in [0.15, 0.2) is 17.4 Å². The molecule has 0 saturated heterocycles. The molecular formula is C11H13F4NO. The molecule has 96 valence electrons. The third-order valence-electron chi connectivity index (χ3n) is 2.05. The highest BCUT2D eigenvalue weighted by Gasteiger charge is 2.27. The Hall–Kier alpha value is -1.30. The van der Waals surface area contributed by atoms with E-state index in [1.807, 2.05) is 0 Å². The van der Waals surface area contributed by atoms with Gasteiger partial charge < -0.3 is 10.1 Å². The van der Waals surface area contributed by atoms with Gasteiger partial charge in [0.1, 0.15) is 5.60 Å². The number of benzene rings is 1. The molecule has 2 nitrogen and oxygen atoms in total. The third kappa shape index (κ3) is 3.09. The summed E-state index contributed by atoms with van der Waals surface area (Å²) in [5.74, 6) is -7.08. The van der Waals surface area contributed by atoms with E-state index in [-0.39, 0.29) is 12.6 Å². The molecule has 0 atom stereocenters. The molecular weight excluding hydrogens is 238 g/mol. The summed E-state index contributed by atoms with van der Waals surface area (Å²) >= 11 is 0. The van der Waals surface area contributed by atoms with Gasteiger partial charge in [0.2, 0.25) is 11.6 Å². The Morgan fingerprint density at radius 2 is 1.59 bits per heavy atom. The fourth-order valence-corrected chi connectivity index (χ4v) is 1.38. The van der Waals surface area contributed by atoms with Gasteiger partial charge in [0.25, 0.3) is 0 Å². The van der Waals surface area contributed by atoms with Crippen molar-refractivity contribution in [2.45, 2.75) is 19.4 Å². The molecule has 0 aliphatic heterocycles. The van der Waals surface area contributed by atoms with Crippen molar-refractivity contribution in [2.24, 2.45) is 0 Å². The van der Waals surface area contributed by atoms with E-state index in [2.05, 4.69) is 5.32 Å². The maximum absolute atomic E-state index is 13.3. The van der Waals surface area contributed by atoms with E-state index in [4.69, 9.17) is 4.74 Å². The predicted molar refractivity (Wildman–Crippen MR) is 54.9 cm³/mol. The van der Waals surface area contributed by atoms with Crippen LogP contribution in [-0.4, -0.2) is 19.2 Å². The van der Waals surface area contributed by atoms with Crippen molar-refractivity contribution >= 4 is 0 Å². The summed E-state index contributed by atoms with van der Waals surface area (Å²) in [6.07, 6.45) is 0. The Kier molecular flexibility index (Phi) is 3.98. The summed E-state index contributed by atoms with van der Waals surface area (Å²) in [6, 6.07) is 0.141. The zero-order valence-electron chi connectivity index (χ0n) is 9.70. The molecule has 0 radical (unpaired) electrons. The average Bonchev–Trinajstić information content (AvgIpc) is 2.21. The Labute approximate surface area is 96.6 Å². The van der Waals surface area contributed by atoms with Crippen LogP contribution in [0.3, 0.4) is 0 Å². The summed E-state index contributed by atoms with van der Waals surface area (Å²) in [6.45, 7) is 3.32. The Morgan fingerprint density at radius 3 is 2.00 bits per heavy atom. The fraction of sp³-hybridized carbons (Fsp3) is 0.455. The molecule has 6 heteroatoms. The minimum Gasteiger partial charge on any atom is -0.480 e. The molecule has 0 aliphatic carbocycles. The lowest BCUT2D eigenvalue weighted by molar-refractivity contribution is 0.0959. The minimum absolute atomic E-state index is 0.141. The van der Waals surface area contributed by atoms with Crippen LogP contribution in [0.5, 0.6) is 5.75 Å². The molecule has 0 saturated carbocycles. The molecule has 1 N–H and O–H groups in total. The predicted octanol–water partition coefficient (Wildman–Crippen LogP) is 2.62. The third-order valence-corrected chi connectivity index (χ3v) is 2.05. The standard InChI is InChI=1S/C11H13F4NO/c1-11(2,5-16-3)17-10-8(14)6(12)4-7(13)9(10)15/h4,16H,5H2,1-3H3. The monoisotopic (exact) mass is 251 g/mol. The Balaban J connectivity index is 3.14. The van der Waals surface area contributed by atoms with Crippen molar-refractivity contribution in [3.05, 3.63) is 29.3 Å². The van der Waals surface area contributed by atoms with E-state index in [0.717, 1.165) is 0 Å². The number of rotatable bonds is 4. The number of ether oxygens (including phenoxy) is 1. The van der Waals surface area contributed by atoms with Crippen molar-refractivity contribution in [3.8, 4) is 5.75 Å². The lowest BCUT2D eigenvalue weighted by Gasteiger charge is -2.26. The highest BCUT2D eigenvalue weighted by atomic mass is 19.2. The van der Waals surface area contributed by atoms with Crippen LogP contribution in [0.15, 0.2) is 6.07 Å². The van der Waals surface area contributed by atoms with Crippen molar-refractivity contribution in [2.75, 3.05) is 13.6 Å². The first-order chi connectivity index (χ1) is 7.78. The molecule has 1 rings (SSSR count). The van der Waals surface area contributed by atoms with E-state index >= 15 is 0 Å². The van der Waals surface area contributed by atoms with Crippen molar-refractivity contribution in [1.29, 1.82) is 0 Å². The van der Waals surface area contributed by atoms with Crippen LogP contribution in [0.1, 0.15) is 13.8 Å². The van der Waals surface area contributed by atoms with Crippen molar-refractivity contribution in [1.82, 2.24) is 5.32 Å². The molecule has 0 heterocycles. The van der Waals surface area contributed by atoms with E-state index in [1.165, 1.54) is 13.8 Å². The molecule has 0 bridgehead atoms. The van der Waals surface area contributed by atoms with Gasteiger partial charge >= 0.3 is 0 Å². The van der Waals surface area contributed by atoms with Crippen LogP contribution >= 0.6 is 0 Å². The fourth-order valence-electron chi connectivity index (χ4n) is 1.38. The lowest BCUT2D eigenvalue weighted by Crippen LogP contribution is -2.39. The van der Waals surface area contributed by atoms with Gasteiger partial charge in [0, 0.05) is 12.6 Å². The van der Waals surface area contributed by atoms with Gasteiger partial charge in [-0.05, 0) is 20.9 Å². The van der Waals surface area contributed by atoms with Crippen LogP contribution in [0.4, 0.5) is 17.6 Å². The van der Waals surface area contributed by atoms with E-state index < -0.39 is 34.6 Å². The van der Waals surface area contributed by atoms with Gasteiger partial charge in [-0.1, -0.05) is 0 Å². The van der Waals surface area contributed by atoms with Gasteiger partial charge in [-0.25, -0.2) is 8.78 Å². The summed E-state index contributed by atoms with van der Waals surface area (Å²) in [5.41, 5.74) is -1.00. The van der Waals surface area contributed by atoms with Crippen LogP contribution < -0.4 is 10.1 Å². The maximum atomic E-state index is 13.3. The Morgan fingerprint density at radius 1 is 1.12 bits per heavy atom. The average molecular weight is 251 g/mol. The Bertz CT molecular complexity index is 394. The van der Waals surface area contributed by atoms with E-state index in [9.17, 15) is 17.6 Å². The summed E-state index contributed by atoms with van der Waals surface area (Å²) in [7, 11) is 1.62. The topological polar surface area (TPSA) is 21.3 Å². The molecule has 0 spiro atoms. The largest absolute Gasteiger partial charge is 0.480 e. The van der Waals surface area contributed by atoms with Crippen LogP contribution in [-0.2, 0) is 0 Å². The van der Waals surface area contributed by atoms with Crippen LogP contribution in [0.25, 0.3) is 0 Å². The first-order valence-electron chi connectivity index (χ1n) is 4.95. The molecule has 0 aliphatic rings. The molecule has 0 unspecified atom stereocenters. The smallest absolute Gasteiger partial charge is 0.203 e. The number of hydrogen-bond acceptors (Lipinski definition) is 2. The molecule has 0 amide bonds. The van der Waals surface area contributed by atoms with Crippen LogP contribution in [0.2, 0.25) is 0 Å². The van der Waals surface area contributed by atoms with Crippen LogP contribution in [0, 0.1) is 23.3 Å². The SMILES string of the molecule is CNCC(C)(C)Oc1c(F)c(F)cc(F)c1F. The molecule has 0 aromatic heterocycles. The quantitative estimate of drug-likeness (QED) is 0.656. The molecule has 1 aromatic rings. The number of hydrogen-bond donors (Lipinski definition) is 1. The number of halogens is 4. The van der Waals surface area contributed by atoms with Gasteiger partial charge in [0.05, 0.1) is 0 Å². The zero-order valence-corrected chi connectivity index (χ0v) is 9.70. The first kappa shape index (κ1) is 13.8. The van der Waals surface area contributed by atoms with E-state index in [1.54, 1.807) is 7.05 Å². The normalized spacial score (nSPS) is 11.7. The van der Waals surface area contributed by atoms with Gasteiger partial charge in [-0.2, -0.15) is 8.78 Å². The van der Waals surface area contributed by atoms with Gasteiger partial charge in [-0.15, -0.1) is 0 Å². The first-order valence-corrected chi connectivity index (χ1v) is 4.95. The van der Waals surface area contributed by atoms with Crippen molar-refractivity contribution < 1.29 is 22.3 Å². The second-order valence-corrected chi connectivity index (χ2v) is 4.19. The van der Waals surface area contributed by atoms with Crippen molar-refractivity contribution in [3.63, 3.8) is 0 Å². The minimum atomic E-state index is -1.53. The highest BCUT2D eigenvalue weighted by molar-refractivity contribution is 5.29. The molecule has 17 heavy (non-hydrogen) atoms. The maximum Gasteiger partial charge on any atom is 0.203 e. The molecule has 1 aromatic carbocycles. The summed E-state index contributed by atoms with van der Waals surface area (Å²) in [4.78, 5) is 0. The van der Waals surface area contributed by atoms with E-state index in [0.29, 0.717) is 0 Å². The summed E-state index contributed by atoms with van der Waals surface area (Å²) in [5, 5.41) is 2.74. The zero-order chi connectivity index (χ0) is 13.2. The lowest BCUT2D eigenvalue weighted by atomic mass is 10.1. The second-order valence-electron chi connectivity index (χ2n) is 4.19. The number of likely N-dealkylation sites (N-methyl/N-ethyl adjacent to an activating group) is 1. The highest BCUT2D eigenvalue weighted by Crippen LogP contribution is 2.29. The van der Waals surface area contributed by atoms with Gasteiger partial charge in [-0.3, -0.25) is 0 Å².